The van der Waals surface area contributed by atoms with Crippen LogP contribution in [0.1, 0.15) is 45.3 Å². The minimum Gasteiger partial charge on any atom is -0.371 e. The molecule has 0 saturated carbocycles. The van der Waals surface area contributed by atoms with Crippen LogP contribution >= 0.6 is 0 Å². The number of rotatable bonds is 6. The molecule has 1 rings (SSSR count). The Morgan fingerprint density at radius 3 is 2.75 bits per heavy atom. The lowest BCUT2D eigenvalue weighted by molar-refractivity contribution is 0.00973. The van der Waals surface area contributed by atoms with Crippen molar-refractivity contribution < 1.29 is 9.26 Å². The Kier molecular flexibility index (Phi) is 4.44. The Balaban J connectivity index is 2.65. The van der Waals surface area contributed by atoms with Crippen LogP contribution in [0.15, 0.2) is 4.52 Å². The highest BCUT2D eigenvalue weighted by molar-refractivity contribution is 4.98. The average molecular weight is 227 g/mol. The van der Waals surface area contributed by atoms with E-state index in [4.69, 9.17) is 15.0 Å². The zero-order valence-corrected chi connectivity index (χ0v) is 10.5. The molecule has 0 amide bonds. The van der Waals surface area contributed by atoms with Crippen molar-refractivity contribution in [3.8, 4) is 0 Å². The molecular formula is C11H21N3O2. The molecule has 0 radical (unpaired) electrons. The summed E-state index contributed by atoms with van der Waals surface area (Å²) in [5.41, 5.74) is 5.39. The summed E-state index contributed by atoms with van der Waals surface area (Å²) < 4.78 is 10.4. The monoisotopic (exact) mass is 227 g/mol. The van der Waals surface area contributed by atoms with E-state index < -0.39 is 5.60 Å². The molecule has 1 unspecified atom stereocenters. The normalized spacial score (nSPS) is 14.1. The Morgan fingerprint density at radius 2 is 2.19 bits per heavy atom. The standard InChI is InChI=1S/C11H21N3O2/c1-5-6-8(12)7-9-13-10(14-16-9)11(2,3)15-4/h8H,5-7,12H2,1-4H3. The molecule has 1 atom stereocenters. The maximum Gasteiger partial charge on any atom is 0.228 e. The van der Waals surface area contributed by atoms with Gasteiger partial charge in [-0.25, -0.2) is 0 Å². The van der Waals surface area contributed by atoms with Crippen molar-refractivity contribution in [1.82, 2.24) is 10.1 Å². The number of nitrogens with two attached hydrogens (primary N) is 1. The van der Waals surface area contributed by atoms with Gasteiger partial charge in [-0.05, 0) is 20.3 Å². The number of aromatic nitrogens is 2. The van der Waals surface area contributed by atoms with Gasteiger partial charge in [-0.15, -0.1) is 0 Å². The van der Waals surface area contributed by atoms with E-state index in [1.807, 2.05) is 13.8 Å². The van der Waals surface area contributed by atoms with Crippen LogP contribution in [0, 0.1) is 0 Å². The number of hydrogen-bond donors (Lipinski definition) is 1. The van der Waals surface area contributed by atoms with Gasteiger partial charge in [0.25, 0.3) is 0 Å². The second-order valence-corrected chi connectivity index (χ2v) is 4.48. The molecule has 0 aliphatic rings. The zero-order chi connectivity index (χ0) is 12.2. The molecule has 0 aliphatic carbocycles. The van der Waals surface area contributed by atoms with Crippen molar-refractivity contribution in [2.45, 2.75) is 51.7 Å². The maximum atomic E-state index is 5.91. The molecule has 5 nitrogen and oxygen atoms in total. The van der Waals surface area contributed by atoms with E-state index in [2.05, 4.69) is 17.1 Å². The second kappa shape index (κ2) is 5.41. The molecule has 2 N–H and O–H groups in total. The smallest absolute Gasteiger partial charge is 0.228 e. The molecule has 0 fully saturated rings. The Bertz CT molecular complexity index is 323. The van der Waals surface area contributed by atoms with Crippen LogP contribution in [-0.4, -0.2) is 23.3 Å². The lowest BCUT2D eigenvalue weighted by Crippen LogP contribution is -2.23. The predicted molar refractivity (Wildman–Crippen MR) is 60.9 cm³/mol. The number of nitrogens with zero attached hydrogens (tertiary/aromatic N) is 2. The Morgan fingerprint density at radius 1 is 1.50 bits per heavy atom. The van der Waals surface area contributed by atoms with E-state index >= 15 is 0 Å². The first-order chi connectivity index (χ1) is 7.49. The van der Waals surface area contributed by atoms with E-state index in [0.29, 0.717) is 18.1 Å². The van der Waals surface area contributed by atoms with Crippen molar-refractivity contribution in [3.05, 3.63) is 11.7 Å². The number of hydrogen-bond acceptors (Lipinski definition) is 5. The van der Waals surface area contributed by atoms with Crippen molar-refractivity contribution >= 4 is 0 Å². The zero-order valence-electron chi connectivity index (χ0n) is 10.5. The van der Waals surface area contributed by atoms with Crippen LogP contribution in [0.2, 0.25) is 0 Å². The van der Waals surface area contributed by atoms with Crippen LogP contribution in [0.3, 0.4) is 0 Å². The fourth-order valence-corrected chi connectivity index (χ4v) is 1.37. The summed E-state index contributed by atoms with van der Waals surface area (Å²) in [7, 11) is 1.62. The van der Waals surface area contributed by atoms with Gasteiger partial charge in [-0.3, -0.25) is 0 Å². The highest BCUT2D eigenvalue weighted by Gasteiger charge is 2.26. The second-order valence-electron chi connectivity index (χ2n) is 4.48. The first kappa shape index (κ1) is 13.1. The maximum absolute atomic E-state index is 5.91. The largest absolute Gasteiger partial charge is 0.371 e. The van der Waals surface area contributed by atoms with E-state index in [9.17, 15) is 0 Å². The topological polar surface area (TPSA) is 74.2 Å². The summed E-state index contributed by atoms with van der Waals surface area (Å²) in [5.74, 6) is 1.15. The third-order valence-corrected chi connectivity index (χ3v) is 2.61. The first-order valence-electron chi connectivity index (χ1n) is 5.63. The summed E-state index contributed by atoms with van der Waals surface area (Å²) in [6.07, 6.45) is 2.65. The molecule has 0 aromatic carbocycles. The van der Waals surface area contributed by atoms with E-state index in [-0.39, 0.29) is 6.04 Å². The summed E-state index contributed by atoms with van der Waals surface area (Å²) >= 11 is 0. The van der Waals surface area contributed by atoms with E-state index in [0.717, 1.165) is 12.8 Å². The van der Waals surface area contributed by atoms with Gasteiger partial charge in [0.05, 0.1) is 0 Å². The number of ether oxygens (including phenoxy) is 1. The summed E-state index contributed by atoms with van der Waals surface area (Å²) in [6.45, 7) is 5.90. The minimum absolute atomic E-state index is 0.0870. The molecule has 0 saturated heterocycles. The molecule has 92 valence electrons. The molecule has 1 heterocycles. The van der Waals surface area contributed by atoms with Gasteiger partial charge in [-0.1, -0.05) is 18.5 Å². The molecule has 0 aliphatic heterocycles. The van der Waals surface area contributed by atoms with Gasteiger partial charge in [0.15, 0.2) is 0 Å². The molecular weight excluding hydrogens is 206 g/mol. The summed E-state index contributed by atoms with van der Waals surface area (Å²) in [4.78, 5) is 4.29. The Hall–Kier alpha value is -0.940. The van der Waals surface area contributed by atoms with Crippen molar-refractivity contribution in [1.29, 1.82) is 0 Å². The third-order valence-electron chi connectivity index (χ3n) is 2.61. The molecule has 1 aromatic heterocycles. The fourth-order valence-electron chi connectivity index (χ4n) is 1.37. The predicted octanol–water partition coefficient (Wildman–Crippen LogP) is 1.62. The highest BCUT2D eigenvalue weighted by atomic mass is 16.5. The van der Waals surface area contributed by atoms with Crippen LogP contribution in [-0.2, 0) is 16.8 Å². The van der Waals surface area contributed by atoms with Crippen molar-refractivity contribution in [2.24, 2.45) is 5.73 Å². The third kappa shape index (κ3) is 3.28. The van der Waals surface area contributed by atoms with E-state index in [1.165, 1.54) is 0 Å². The Labute approximate surface area is 96.4 Å². The lowest BCUT2D eigenvalue weighted by Gasteiger charge is -2.17. The van der Waals surface area contributed by atoms with Crippen molar-refractivity contribution in [2.75, 3.05) is 7.11 Å². The van der Waals surface area contributed by atoms with Crippen LogP contribution in [0.5, 0.6) is 0 Å². The van der Waals surface area contributed by atoms with Gasteiger partial charge in [0.2, 0.25) is 11.7 Å². The van der Waals surface area contributed by atoms with Crippen LogP contribution in [0.4, 0.5) is 0 Å². The van der Waals surface area contributed by atoms with Gasteiger partial charge in [-0.2, -0.15) is 4.98 Å². The molecule has 0 bridgehead atoms. The summed E-state index contributed by atoms with van der Waals surface area (Å²) in [6, 6.07) is 0.0870. The lowest BCUT2D eigenvalue weighted by atomic mass is 10.1. The minimum atomic E-state index is -0.517. The van der Waals surface area contributed by atoms with E-state index in [1.54, 1.807) is 7.11 Å². The SMILES string of the molecule is CCCC(N)Cc1nc(C(C)(C)OC)no1. The van der Waals surface area contributed by atoms with Crippen molar-refractivity contribution in [3.63, 3.8) is 0 Å². The van der Waals surface area contributed by atoms with Gasteiger partial charge >= 0.3 is 0 Å². The molecule has 0 spiro atoms. The van der Waals surface area contributed by atoms with Crippen LogP contribution < -0.4 is 5.73 Å². The fraction of sp³-hybridized carbons (Fsp3) is 0.818. The molecule has 5 heteroatoms. The highest BCUT2D eigenvalue weighted by Crippen LogP contribution is 2.20. The summed E-state index contributed by atoms with van der Waals surface area (Å²) in [5, 5.41) is 3.91. The molecule has 1 aromatic rings. The van der Waals surface area contributed by atoms with Gasteiger partial charge < -0.3 is 15.0 Å². The molecule has 16 heavy (non-hydrogen) atoms. The van der Waals surface area contributed by atoms with Crippen LogP contribution in [0.25, 0.3) is 0 Å². The van der Waals surface area contributed by atoms with Gasteiger partial charge in [0, 0.05) is 19.6 Å². The first-order valence-corrected chi connectivity index (χ1v) is 5.63. The quantitative estimate of drug-likeness (QED) is 0.799. The number of methoxy groups -OCH3 is 1. The average Bonchev–Trinajstić information content (AvgIpc) is 2.67. The van der Waals surface area contributed by atoms with Gasteiger partial charge in [0.1, 0.15) is 5.60 Å².